The Labute approximate surface area is 130 Å². The molecule has 0 aliphatic carbocycles. The zero-order valence-electron chi connectivity index (χ0n) is 12.3. The Morgan fingerprint density at radius 1 is 1.48 bits per heavy atom. The maximum atomic E-state index is 13.5. The first kappa shape index (κ1) is 16.6. The maximum Gasteiger partial charge on any atom is 0.171 e. The zero-order chi connectivity index (χ0) is 15.5. The molecule has 0 bridgehead atoms. The molecule has 0 radical (unpaired) electrons. The molecule has 1 fully saturated rings. The Morgan fingerprint density at radius 2 is 2.24 bits per heavy atom. The number of rotatable bonds is 5. The minimum atomic E-state index is -3.17. The van der Waals surface area contributed by atoms with Gasteiger partial charge in [-0.3, -0.25) is 0 Å². The molecule has 1 aromatic carbocycles. The normalized spacial score (nSPS) is 19.8. The molecule has 1 N–H and O–H groups in total. The summed E-state index contributed by atoms with van der Waals surface area (Å²) in [4.78, 5) is 1.92. The fourth-order valence-electron chi connectivity index (χ4n) is 2.51. The van der Waals surface area contributed by atoms with E-state index in [0.717, 1.165) is 17.0 Å². The Kier molecular flexibility index (Phi) is 5.51. The number of halogens is 1. The fourth-order valence-corrected chi connectivity index (χ4v) is 5.50. The monoisotopic (exact) mass is 332 g/mol. The Balaban J connectivity index is 2.42. The summed E-state index contributed by atoms with van der Waals surface area (Å²) in [6, 6.07) is 4.56. The first-order valence-electron chi connectivity index (χ1n) is 6.98. The molecular weight excluding hydrogens is 311 g/mol. The molecule has 0 saturated carbocycles. The lowest BCUT2D eigenvalue weighted by molar-refractivity contribution is 0.579. The quantitative estimate of drug-likeness (QED) is 0.892. The lowest BCUT2D eigenvalue weighted by Gasteiger charge is -2.37. The average molecular weight is 332 g/mol. The molecule has 1 saturated heterocycles. The van der Waals surface area contributed by atoms with E-state index in [2.05, 4.69) is 5.32 Å². The minimum absolute atomic E-state index is 0.122. The zero-order valence-corrected chi connectivity index (χ0v) is 13.9. The molecule has 1 atom stereocenters. The third-order valence-electron chi connectivity index (χ3n) is 3.62. The summed E-state index contributed by atoms with van der Waals surface area (Å²) >= 11 is 1.66. The van der Waals surface area contributed by atoms with Gasteiger partial charge in [0.25, 0.3) is 0 Å². The Bertz CT molecular complexity index is 593. The van der Waals surface area contributed by atoms with Crippen LogP contribution in [-0.4, -0.2) is 44.6 Å². The predicted molar refractivity (Wildman–Crippen MR) is 87.1 cm³/mol. The summed E-state index contributed by atoms with van der Waals surface area (Å²) in [7, 11) is -1.38. The first-order valence-corrected chi connectivity index (χ1v) is 9.85. The number of thioether (sulfide) groups is 1. The van der Waals surface area contributed by atoms with Crippen LogP contribution in [0.25, 0.3) is 0 Å². The molecule has 4 nitrogen and oxygen atoms in total. The van der Waals surface area contributed by atoms with Gasteiger partial charge in [0.1, 0.15) is 11.2 Å². The van der Waals surface area contributed by atoms with Gasteiger partial charge in [-0.15, -0.1) is 0 Å². The van der Waals surface area contributed by atoms with Gasteiger partial charge in [0.15, 0.2) is 9.84 Å². The van der Waals surface area contributed by atoms with Crippen LogP contribution in [0.5, 0.6) is 0 Å². The van der Waals surface area contributed by atoms with Gasteiger partial charge in [0.05, 0.1) is 0 Å². The van der Waals surface area contributed by atoms with Crippen LogP contribution in [0.15, 0.2) is 18.2 Å². The number of hydrogen-bond donors (Lipinski definition) is 1. The smallest absolute Gasteiger partial charge is 0.171 e. The van der Waals surface area contributed by atoms with Crippen LogP contribution in [0.4, 0.5) is 10.1 Å². The van der Waals surface area contributed by atoms with E-state index < -0.39 is 15.2 Å². The second kappa shape index (κ2) is 6.98. The van der Waals surface area contributed by atoms with Crippen molar-refractivity contribution in [1.29, 1.82) is 0 Å². The molecular formula is C14H21FN2O2S2. The molecule has 0 amide bonds. The summed E-state index contributed by atoms with van der Waals surface area (Å²) in [6.07, 6.45) is 0. The summed E-state index contributed by atoms with van der Waals surface area (Å²) < 4.78 is 38.1. The second-order valence-electron chi connectivity index (χ2n) is 4.98. The van der Waals surface area contributed by atoms with Crippen LogP contribution < -0.4 is 10.2 Å². The lowest BCUT2D eigenvalue weighted by Crippen LogP contribution is -2.48. The van der Waals surface area contributed by atoms with Crippen molar-refractivity contribution in [2.45, 2.75) is 18.8 Å². The molecule has 7 heteroatoms. The highest BCUT2D eigenvalue weighted by molar-refractivity contribution is 8.01. The lowest BCUT2D eigenvalue weighted by atomic mass is 10.1. The van der Waals surface area contributed by atoms with Gasteiger partial charge in [-0.25, -0.2) is 12.8 Å². The van der Waals surface area contributed by atoms with E-state index in [0.29, 0.717) is 18.8 Å². The molecule has 1 unspecified atom stereocenters. The van der Waals surface area contributed by atoms with Gasteiger partial charge in [-0.2, -0.15) is 11.8 Å². The van der Waals surface area contributed by atoms with Crippen molar-refractivity contribution in [1.82, 2.24) is 5.32 Å². The van der Waals surface area contributed by atoms with Gasteiger partial charge in [-0.05, 0) is 30.8 Å². The Morgan fingerprint density at radius 3 is 2.90 bits per heavy atom. The molecule has 21 heavy (non-hydrogen) atoms. The number of nitrogens with one attached hydrogen (secondary N) is 1. The number of hydrogen-bond acceptors (Lipinski definition) is 5. The summed E-state index contributed by atoms with van der Waals surface area (Å²) in [6.45, 7) is 2.85. The summed E-state index contributed by atoms with van der Waals surface area (Å²) in [5, 5.41) is 2.48. The molecule has 0 spiro atoms. The molecule has 0 aromatic heterocycles. The van der Waals surface area contributed by atoms with E-state index in [1.54, 1.807) is 31.8 Å². The third kappa shape index (κ3) is 3.70. The van der Waals surface area contributed by atoms with Crippen molar-refractivity contribution < 1.29 is 12.8 Å². The highest BCUT2D eigenvalue weighted by atomic mass is 32.2. The van der Waals surface area contributed by atoms with Crippen LogP contribution in [0, 0.1) is 5.82 Å². The van der Waals surface area contributed by atoms with Crippen molar-refractivity contribution in [2.75, 3.05) is 35.8 Å². The molecule has 118 valence electrons. The third-order valence-corrected chi connectivity index (χ3v) is 6.91. The number of benzene rings is 1. The highest BCUT2D eigenvalue weighted by Crippen LogP contribution is 2.30. The van der Waals surface area contributed by atoms with Crippen LogP contribution in [0.3, 0.4) is 0 Å². The summed E-state index contributed by atoms with van der Waals surface area (Å²) in [5.74, 6) is 1.26. The van der Waals surface area contributed by atoms with E-state index in [-0.39, 0.29) is 11.6 Å². The van der Waals surface area contributed by atoms with Crippen LogP contribution in [0.2, 0.25) is 0 Å². The summed E-state index contributed by atoms with van der Waals surface area (Å²) in [5.41, 5.74) is 1.61. The van der Waals surface area contributed by atoms with Crippen LogP contribution in [0.1, 0.15) is 12.5 Å². The number of sulfone groups is 1. The largest absolute Gasteiger partial charge is 0.353 e. The van der Waals surface area contributed by atoms with E-state index in [4.69, 9.17) is 0 Å². The van der Waals surface area contributed by atoms with Crippen LogP contribution in [-0.2, 0) is 16.4 Å². The van der Waals surface area contributed by atoms with Gasteiger partial charge >= 0.3 is 0 Å². The molecule has 2 rings (SSSR count). The van der Waals surface area contributed by atoms with Gasteiger partial charge < -0.3 is 10.2 Å². The van der Waals surface area contributed by atoms with Crippen molar-refractivity contribution >= 4 is 27.3 Å². The fraction of sp³-hybridized carbons (Fsp3) is 0.571. The SMILES string of the molecule is CCS(=O)(=O)C1CSCCN1c1ccc(F)cc1CNC. The predicted octanol–water partition coefficient (Wildman–Crippen LogP) is 1.86. The maximum absolute atomic E-state index is 13.5. The van der Waals surface area contributed by atoms with Crippen molar-refractivity contribution in [3.8, 4) is 0 Å². The van der Waals surface area contributed by atoms with Gasteiger partial charge in [0, 0.05) is 36.0 Å². The molecule has 1 aliphatic heterocycles. The van der Waals surface area contributed by atoms with Crippen molar-refractivity contribution in [3.05, 3.63) is 29.6 Å². The van der Waals surface area contributed by atoms with E-state index in [1.165, 1.54) is 12.1 Å². The average Bonchev–Trinajstić information content (AvgIpc) is 2.48. The Hall–Kier alpha value is -0.790. The standard InChI is InChI=1S/C14H21FN2O2S2/c1-3-21(18,19)14-10-20-7-6-17(14)13-5-4-12(15)8-11(13)9-16-2/h4-5,8,14,16H,3,6-7,9-10H2,1-2H3. The molecule has 1 aliphatic rings. The molecule has 1 aromatic rings. The van der Waals surface area contributed by atoms with E-state index >= 15 is 0 Å². The van der Waals surface area contributed by atoms with Gasteiger partial charge in [-0.1, -0.05) is 6.92 Å². The van der Waals surface area contributed by atoms with E-state index in [1.807, 2.05) is 4.90 Å². The molecule has 1 heterocycles. The minimum Gasteiger partial charge on any atom is -0.353 e. The second-order valence-corrected chi connectivity index (χ2v) is 8.57. The van der Waals surface area contributed by atoms with Crippen molar-refractivity contribution in [2.24, 2.45) is 0 Å². The topological polar surface area (TPSA) is 49.4 Å². The number of nitrogens with zero attached hydrogens (tertiary/aromatic N) is 1. The highest BCUT2D eigenvalue weighted by Gasteiger charge is 2.33. The van der Waals surface area contributed by atoms with Gasteiger partial charge in [0.2, 0.25) is 0 Å². The number of anilines is 1. The van der Waals surface area contributed by atoms with E-state index in [9.17, 15) is 12.8 Å². The van der Waals surface area contributed by atoms with Crippen molar-refractivity contribution in [3.63, 3.8) is 0 Å². The van der Waals surface area contributed by atoms with Crippen LogP contribution >= 0.6 is 11.8 Å². The first-order chi connectivity index (χ1) is 9.99.